The number of fused-ring (bicyclic) bond motifs is 1. The number of hydrogen-bond donors (Lipinski definition) is 4. The number of aromatic nitrogens is 2. The van der Waals surface area contributed by atoms with Gasteiger partial charge in [0.05, 0.1) is 18.2 Å². The average Bonchev–Trinajstić information content (AvgIpc) is 3.23. The third-order valence-corrected chi connectivity index (χ3v) is 5.80. The van der Waals surface area contributed by atoms with Crippen LogP contribution in [0.3, 0.4) is 0 Å². The van der Waals surface area contributed by atoms with E-state index in [2.05, 4.69) is 30.8 Å². The maximum Gasteiger partial charge on any atom is 0.410 e. The second-order valence-corrected chi connectivity index (χ2v) is 10.3. The van der Waals surface area contributed by atoms with Crippen molar-refractivity contribution in [1.82, 2.24) is 19.8 Å². The van der Waals surface area contributed by atoms with E-state index >= 15 is 0 Å². The number of carboxylic acids is 1. The molecular weight excluding hydrogens is 534 g/mol. The van der Waals surface area contributed by atoms with Gasteiger partial charge in [0.1, 0.15) is 23.6 Å². The average molecular weight is 572 g/mol. The van der Waals surface area contributed by atoms with E-state index < -0.39 is 18.2 Å². The minimum atomic E-state index is -1.12. The predicted molar refractivity (Wildman–Crippen MR) is 153 cm³/mol. The van der Waals surface area contributed by atoms with Crippen molar-refractivity contribution < 1.29 is 33.7 Å². The summed E-state index contributed by atoms with van der Waals surface area (Å²) in [6.45, 7) is 7.25. The monoisotopic (exact) mass is 571 g/mol. The first-order valence-electron chi connectivity index (χ1n) is 12.9. The van der Waals surface area contributed by atoms with Gasteiger partial charge in [0.15, 0.2) is 18.1 Å². The number of methoxy groups -OCH3 is 1. The number of carboxylic acid groups (broad SMARTS) is 1. The molecule has 0 unspecified atom stereocenters. The van der Waals surface area contributed by atoms with Crippen LogP contribution in [0.1, 0.15) is 26.3 Å². The van der Waals surface area contributed by atoms with Gasteiger partial charge in [0, 0.05) is 51.2 Å². The van der Waals surface area contributed by atoms with E-state index in [0.717, 1.165) is 0 Å². The van der Waals surface area contributed by atoms with Crippen LogP contribution >= 0.6 is 0 Å². The number of ether oxygens (including phenoxy) is 3. The van der Waals surface area contributed by atoms with Gasteiger partial charge in [-0.25, -0.2) is 19.6 Å². The second-order valence-electron chi connectivity index (χ2n) is 10.3. The Labute approximate surface area is 238 Å². The van der Waals surface area contributed by atoms with Gasteiger partial charge in [-0.15, -0.1) is 0 Å². The standard InChI is InChI=1S/C27H37N7O7/c1-27(2,3)41-26(38)34(5)12-11-33(4)10-9-28-23-22-18(25(37)32-24(22)31-16-30-23)14-29-17-7-8-19(39-6)20(13-17)40-15-21(35)36/h7-8,13-14,16,29H,9-12,15H2,1-6H3,(H,35,36)(H2,28,30,31,32,37)/b18-14-. The van der Waals surface area contributed by atoms with Crippen molar-refractivity contribution in [3.63, 3.8) is 0 Å². The number of rotatable bonds is 13. The molecule has 1 aromatic carbocycles. The van der Waals surface area contributed by atoms with Crippen LogP contribution in [0.5, 0.6) is 11.5 Å². The Morgan fingerprint density at radius 2 is 1.88 bits per heavy atom. The fourth-order valence-electron chi connectivity index (χ4n) is 3.70. The number of anilines is 3. The highest BCUT2D eigenvalue weighted by Crippen LogP contribution is 2.35. The van der Waals surface area contributed by atoms with Crippen molar-refractivity contribution in [2.24, 2.45) is 0 Å². The Hall–Kier alpha value is -4.59. The number of hydrogen-bond acceptors (Lipinski definition) is 11. The molecular formula is C27H37N7O7. The van der Waals surface area contributed by atoms with Gasteiger partial charge < -0.3 is 45.1 Å². The molecule has 4 N–H and O–H groups in total. The number of aliphatic carboxylic acids is 1. The molecule has 0 radical (unpaired) electrons. The van der Waals surface area contributed by atoms with Crippen molar-refractivity contribution >= 4 is 40.9 Å². The van der Waals surface area contributed by atoms with Crippen LogP contribution in [0.2, 0.25) is 0 Å². The maximum atomic E-state index is 12.7. The van der Waals surface area contributed by atoms with Gasteiger partial charge in [0.25, 0.3) is 5.91 Å². The van der Waals surface area contributed by atoms with E-state index in [1.54, 1.807) is 25.2 Å². The molecule has 0 aliphatic carbocycles. The minimum Gasteiger partial charge on any atom is -0.493 e. The SMILES string of the molecule is COc1ccc(N/C=C2\C(=O)Nc3ncnc(NCCN(C)CCN(C)C(=O)OC(C)(C)C)c32)cc1OCC(=O)O. The molecule has 222 valence electrons. The summed E-state index contributed by atoms with van der Waals surface area (Å²) in [7, 11) is 5.09. The number of benzene rings is 1. The van der Waals surface area contributed by atoms with Crippen molar-refractivity contribution in [3.05, 3.63) is 36.3 Å². The van der Waals surface area contributed by atoms with Gasteiger partial charge >= 0.3 is 12.1 Å². The highest BCUT2D eigenvalue weighted by Gasteiger charge is 2.29. The molecule has 0 bridgehead atoms. The fourth-order valence-corrected chi connectivity index (χ4v) is 3.70. The van der Waals surface area contributed by atoms with Crippen LogP contribution in [0.15, 0.2) is 30.7 Å². The highest BCUT2D eigenvalue weighted by atomic mass is 16.6. The molecule has 1 aliphatic rings. The van der Waals surface area contributed by atoms with Crippen LogP contribution in [0, 0.1) is 0 Å². The first-order chi connectivity index (χ1) is 19.4. The molecule has 14 nitrogen and oxygen atoms in total. The normalized spacial score (nSPS) is 13.4. The van der Waals surface area contributed by atoms with Crippen LogP contribution in [-0.2, 0) is 14.3 Å². The lowest BCUT2D eigenvalue weighted by Crippen LogP contribution is -2.39. The first-order valence-corrected chi connectivity index (χ1v) is 12.9. The largest absolute Gasteiger partial charge is 0.493 e. The number of nitrogens with zero attached hydrogens (tertiary/aromatic N) is 4. The van der Waals surface area contributed by atoms with Crippen molar-refractivity contribution in [3.8, 4) is 11.5 Å². The van der Waals surface area contributed by atoms with E-state index in [4.69, 9.17) is 19.3 Å². The number of nitrogens with one attached hydrogen (secondary N) is 3. The summed E-state index contributed by atoms with van der Waals surface area (Å²) in [6, 6.07) is 4.90. The Morgan fingerprint density at radius 3 is 2.56 bits per heavy atom. The Bertz CT molecular complexity index is 1290. The van der Waals surface area contributed by atoms with E-state index in [0.29, 0.717) is 60.4 Å². The van der Waals surface area contributed by atoms with Crippen molar-refractivity contribution in [2.75, 3.05) is 69.9 Å². The molecule has 1 aromatic heterocycles. The quantitative estimate of drug-likeness (QED) is 0.260. The summed E-state index contributed by atoms with van der Waals surface area (Å²) < 4.78 is 15.9. The fraction of sp³-hybridized carbons (Fsp3) is 0.444. The summed E-state index contributed by atoms with van der Waals surface area (Å²) in [5, 5.41) is 18.0. The van der Waals surface area contributed by atoms with Crippen LogP contribution in [0.25, 0.3) is 5.57 Å². The van der Waals surface area contributed by atoms with Crippen molar-refractivity contribution in [2.45, 2.75) is 26.4 Å². The number of carbonyl (C=O) groups is 3. The maximum absolute atomic E-state index is 12.7. The molecule has 41 heavy (non-hydrogen) atoms. The molecule has 0 saturated carbocycles. The summed E-state index contributed by atoms with van der Waals surface area (Å²) in [4.78, 5) is 47.9. The van der Waals surface area contributed by atoms with Gasteiger partial charge in [-0.1, -0.05) is 0 Å². The number of carbonyl (C=O) groups excluding carboxylic acids is 2. The summed E-state index contributed by atoms with van der Waals surface area (Å²) >= 11 is 0. The van der Waals surface area contributed by atoms with E-state index in [9.17, 15) is 14.4 Å². The molecule has 0 spiro atoms. The number of amides is 2. The first kappa shape index (κ1) is 30.9. The smallest absolute Gasteiger partial charge is 0.410 e. The number of likely N-dealkylation sites (N-methyl/N-ethyl adjacent to an activating group) is 2. The molecule has 14 heteroatoms. The van der Waals surface area contributed by atoms with E-state index in [-0.39, 0.29) is 17.7 Å². The van der Waals surface area contributed by atoms with Crippen LogP contribution < -0.4 is 25.4 Å². The Kier molecular flexibility index (Phi) is 10.3. The van der Waals surface area contributed by atoms with Crippen LogP contribution in [0.4, 0.5) is 22.1 Å². The molecule has 2 amide bonds. The zero-order chi connectivity index (χ0) is 30.2. The molecule has 3 rings (SSSR count). The Morgan fingerprint density at radius 1 is 1.12 bits per heavy atom. The molecule has 2 heterocycles. The predicted octanol–water partition coefficient (Wildman–Crippen LogP) is 2.56. The van der Waals surface area contributed by atoms with Crippen molar-refractivity contribution in [1.29, 1.82) is 0 Å². The minimum absolute atomic E-state index is 0.238. The van der Waals surface area contributed by atoms with Gasteiger partial charge in [0.2, 0.25) is 0 Å². The second kappa shape index (κ2) is 13.7. The third kappa shape index (κ3) is 8.96. The van der Waals surface area contributed by atoms with E-state index in [1.807, 2.05) is 27.8 Å². The summed E-state index contributed by atoms with van der Waals surface area (Å²) in [5.74, 6) is 0.00532. The highest BCUT2D eigenvalue weighted by molar-refractivity contribution is 6.32. The lowest BCUT2D eigenvalue weighted by Gasteiger charge is -2.26. The summed E-state index contributed by atoms with van der Waals surface area (Å²) in [6.07, 6.45) is 2.52. The zero-order valence-electron chi connectivity index (χ0n) is 24.1. The van der Waals surface area contributed by atoms with E-state index in [1.165, 1.54) is 24.5 Å². The molecule has 0 atom stereocenters. The Balaban J connectivity index is 1.63. The topological polar surface area (TPSA) is 167 Å². The molecule has 1 aliphatic heterocycles. The third-order valence-electron chi connectivity index (χ3n) is 5.80. The van der Waals surface area contributed by atoms with Crippen LogP contribution in [-0.4, -0.2) is 102 Å². The molecule has 2 aromatic rings. The lowest BCUT2D eigenvalue weighted by molar-refractivity contribution is -0.139. The summed E-state index contributed by atoms with van der Waals surface area (Å²) in [5.41, 5.74) is 0.836. The van der Waals surface area contributed by atoms with Gasteiger partial charge in [-0.05, 0) is 40.0 Å². The molecule has 0 saturated heterocycles. The lowest BCUT2D eigenvalue weighted by atomic mass is 10.1. The molecule has 0 fully saturated rings. The van der Waals surface area contributed by atoms with Gasteiger partial charge in [-0.2, -0.15) is 0 Å². The van der Waals surface area contributed by atoms with Gasteiger partial charge in [-0.3, -0.25) is 4.79 Å². The zero-order valence-corrected chi connectivity index (χ0v) is 24.1.